The molecule has 5 nitrogen and oxygen atoms in total. The predicted molar refractivity (Wildman–Crippen MR) is 79.4 cm³/mol. The van der Waals surface area contributed by atoms with Crippen LogP contribution in [0.25, 0.3) is 0 Å². The second kappa shape index (κ2) is 6.56. The van der Waals surface area contributed by atoms with Crippen LogP contribution in [0.3, 0.4) is 0 Å². The molecule has 0 radical (unpaired) electrons. The fourth-order valence-corrected chi connectivity index (χ4v) is 3.42. The van der Waals surface area contributed by atoms with E-state index in [2.05, 4.69) is 10.0 Å². The minimum atomic E-state index is -3.41. The number of nitrogens with one attached hydrogen (secondary N) is 2. The Kier molecular flexibility index (Phi) is 5.01. The van der Waals surface area contributed by atoms with Gasteiger partial charge >= 0.3 is 0 Å². The molecule has 1 fully saturated rings. The third-order valence-electron chi connectivity index (χ3n) is 3.11. The Morgan fingerprint density at radius 3 is 2.55 bits per heavy atom. The fraction of sp³-hybridized carbons (Fsp3) is 0.571. The number of rotatable bonds is 6. The van der Waals surface area contributed by atoms with Crippen molar-refractivity contribution in [2.24, 2.45) is 0 Å². The van der Waals surface area contributed by atoms with Crippen LogP contribution in [0.1, 0.15) is 26.7 Å². The van der Waals surface area contributed by atoms with Crippen molar-refractivity contribution in [1.29, 1.82) is 0 Å². The van der Waals surface area contributed by atoms with Gasteiger partial charge in [-0.15, -0.1) is 0 Å². The molecule has 0 amide bonds. The lowest BCUT2D eigenvalue weighted by Gasteiger charge is -2.13. The van der Waals surface area contributed by atoms with E-state index < -0.39 is 10.0 Å². The van der Waals surface area contributed by atoms with Crippen molar-refractivity contribution in [2.45, 2.75) is 43.7 Å². The Morgan fingerprint density at radius 1 is 1.30 bits per heavy atom. The zero-order chi connectivity index (χ0) is 14.6. The predicted octanol–water partition coefficient (Wildman–Crippen LogP) is 1.96. The molecule has 0 aliphatic carbocycles. The first-order valence-corrected chi connectivity index (χ1v) is 8.43. The number of benzene rings is 1. The maximum absolute atomic E-state index is 12.0. The maximum Gasteiger partial charge on any atom is 0.240 e. The molecule has 1 unspecified atom stereocenters. The van der Waals surface area contributed by atoms with Gasteiger partial charge in [0.05, 0.1) is 11.0 Å². The van der Waals surface area contributed by atoms with E-state index in [1.54, 1.807) is 38.1 Å². The van der Waals surface area contributed by atoms with Gasteiger partial charge < -0.3 is 10.1 Å². The van der Waals surface area contributed by atoms with Crippen LogP contribution in [0.2, 0.25) is 0 Å². The summed E-state index contributed by atoms with van der Waals surface area (Å²) in [6.07, 6.45) is 2.46. The molecule has 2 N–H and O–H groups in total. The number of ether oxygens (including phenoxy) is 1. The molecule has 2 rings (SSSR count). The highest BCUT2D eigenvalue weighted by Crippen LogP contribution is 2.16. The van der Waals surface area contributed by atoms with Gasteiger partial charge in [0.15, 0.2) is 0 Å². The van der Waals surface area contributed by atoms with Crippen molar-refractivity contribution in [3.05, 3.63) is 24.3 Å². The summed E-state index contributed by atoms with van der Waals surface area (Å²) in [5.74, 6) is 0. The number of sulfonamides is 1. The molecule has 1 aromatic carbocycles. The zero-order valence-corrected chi connectivity index (χ0v) is 12.7. The SMILES string of the molecule is CC(C)NS(=O)(=O)c1ccc(NCC2CCCO2)cc1. The van der Waals surface area contributed by atoms with Crippen molar-refractivity contribution < 1.29 is 13.2 Å². The molecule has 6 heteroatoms. The van der Waals surface area contributed by atoms with E-state index in [0.29, 0.717) is 0 Å². The van der Waals surface area contributed by atoms with Gasteiger partial charge in [0, 0.05) is 24.9 Å². The van der Waals surface area contributed by atoms with Crippen LogP contribution in [0.15, 0.2) is 29.2 Å². The fourth-order valence-electron chi connectivity index (χ4n) is 2.17. The first-order chi connectivity index (χ1) is 9.47. The largest absolute Gasteiger partial charge is 0.382 e. The molecule has 1 saturated heterocycles. The van der Waals surface area contributed by atoms with Gasteiger partial charge in [0.2, 0.25) is 10.0 Å². The molecule has 1 aliphatic rings. The van der Waals surface area contributed by atoms with E-state index in [0.717, 1.165) is 31.7 Å². The highest BCUT2D eigenvalue weighted by atomic mass is 32.2. The normalized spacial score (nSPS) is 19.4. The van der Waals surface area contributed by atoms with Gasteiger partial charge in [0.1, 0.15) is 0 Å². The topological polar surface area (TPSA) is 67.4 Å². The Bertz CT molecular complexity index is 520. The number of anilines is 1. The summed E-state index contributed by atoms with van der Waals surface area (Å²) in [6.45, 7) is 5.20. The lowest BCUT2D eigenvalue weighted by molar-refractivity contribution is 0.120. The van der Waals surface area contributed by atoms with Crippen LogP contribution in [-0.2, 0) is 14.8 Å². The Morgan fingerprint density at radius 2 is 2.00 bits per heavy atom. The molecular weight excluding hydrogens is 276 g/mol. The molecule has 20 heavy (non-hydrogen) atoms. The minimum absolute atomic E-state index is 0.114. The van der Waals surface area contributed by atoms with Crippen LogP contribution in [-0.4, -0.2) is 33.7 Å². The van der Waals surface area contributed by atoms with Gasteiger partial charge in [0.25, 0.3) is 0 Å². The van der Waals surface area contributed by atoms with Gasteiger partial charge in [-0.25, -0.2) is 13.1 Å². The molecule has 0 saturated carbocycles. The molecule has 1 aliphatic heterocycles. The van der Waals surface area contributed by atoms with Gasteiger partial charge in [-0.05, 0) is 51.0 Å². The molecule has 0 aromatic heterocycles. The van der Waals surface area contributed by atoms with Crippen molar-refractivity contribution in [1.82, 2.24) is 4.72 Å². The molecule has 1 heterocycles. The van der Waals surface area contributed by atoms with Crippen LogP contribution in [0.5, 0.6) is 0 Å². The van der Waals surface area contributed by atoms with E-state index in [1.165, 1.54) is 0 Å². The number of hydrogen-bond donors (Lipinski definition) is 2. The average molecular weight is 298 g/mol. The molecule has 1 atom stereocenters. The standard InChI is InChI=1S/C14H22N2O3S/c1-11(2)16-20(17,18)14-7-5-12(6-8-14)15-10-13-4-3-9-19-13/h5-8,11,13,15-16H,3-4,9-10H2,1-2H3. The van der Waals surface area contributed by atoms with Gasteiger partial charge in [-0.3, -0.25) is 0 Å². The number of hydrogen-bond acceptors (Lipinski definition) is 4. The van der Waals surface area contributed by atoms with Crippen LogP contribution >= 0.6 is 0 Å². The molecule has 112 valence electrons. The Balaban J connectivity index is 1.95. The molecule has 1 aromatic rings. The smallest absolute Gasteiger partial charge is 0.240 e. The highest BCUT2D eigenvalue weighted by Gasteiger charge is 2.16. The second-order valence-electron chi connectivity index (χ2n) is 5.32. The van der Waals surface area contributed by atoms with E-state index >= 15 is 0 Å². The van der Waals surface area contributed by atoms with Gasteiger partial charge in [-0.2, -0.15) is 0 Å². The molecule has 0 spiro atoms. The first kappa shape index (κ1) is 15.3. The van der Waals surface area contributed by atoms with Crippen molar-refractivity contribution >= 4 is 15.7 Å². The third-order valence-corrected chi connectivity index (χ3v) is 4.79. The van der Waals surface area contributed by atoms with E-state index in [-0.39, 0.29) is 17.0 Å². The summed E-state index contributed by atoms with van der Waals surface area (Å²) in [5.41, 5.74) is 0.906. The van der Waals surface area contributed by atoms with E-state index in [1.807, 2.05) is 0 Å². The van der Waals surface area contributed by atoms with Crippen molar-refractivity contribution in [3.8, 4) is 0 Å². The summed E-state index contributed by atoms with van der Waals surface area (Å²) in [6, 6.07) is 6.68. The van der Waals surface area contributed by atoms with E-state index in [4.69, 9.17) is 4.74 Å². The Labute approximate surface area is 120 Å². The Hall–Kier alpha value is -1.11. The third kappa shape index (κ3) is 4.19. The maximum atomic E-state index is 12.0. The van der Waals surface area contributed by atoms with Crippen LogP contribution in [0, 0.1) is 0 Å². The zero-order valence-electron chi connectivity index (χ0n) is 11.9. The van der Waals surface area contributed by atoms with Gasteiger partial charge in [-0.1, -0.05) is 0 Å². The quantitative estimate of drug-likeness (QED) is 0.842. The lowest BCUT2D eigenvalue weighted by Crippen LogP contribution is -2.30. The average Bonchev–Trinajstić information content (AvgIpc) is 2.88. The first-order valence-electron chi connectivity index (χ1n) is 6.95. The van der Waals surface area contributed by atoms with Crippen molar-refractivity contribution in [2.75, 3.05) is 18.5 Å². The summed E-state index contributed by atoms with van der Waals surface area (Å²) < 4.78 is 32.0. The summed E-state index contributed by atoms with van der Waals surface area (Å²) in [5, 5.41) is 3.27. The molecular formula is C14H22N2O3S. The molecule has 0 bridgehead atoms. The lowest BCUT2D eigenvalue weighted by atomic mass is 10.2. The summed E-state index contributed by atoms with van der Waals surface area (Å²) >= 11 is 0. The minimum Gasteiger partial charge on any atom is -0.382 e. The van der Waals surface area contributed by atoms with Crippen LogP contribution < -0.4 is 10.0 Å². The summed E-state index contributed by atoms with van der Waals surface area (Å²) in [4.78, 5) is 0.286. The van der Waals surface area contributed by atoms with Crippen LogP contribution in [0.4, 0.5) is 5.69 Å². The highest BCUT2D eigenvalue weighted by molar-refractivity contribution is 7.89. The monoisotopic (exact) mass is 298 g/mol. The second-order valence-corrected chi connectivity index (χ2v) is 7.03. The van der Waals surface area contributed by atoms with Crippen molar-refractivity contribution in [3.63, 3.8) is 0 Å². The van der Waals surface area contributed by atoms with E-state index in [9.17, 15) is 8.42 Å². The summed E-state index contributed by atoms with van der Waals surface area (Å²) in [7, 11) is -3.41.